The highest BCUT2D eigenvalue weighted by molar-refractivity contribution is 5.76. The van der Waals surface area contributed by atoms with Gasteiger partial charge in [-0.05, 0) is 33.7 Å². The van der Waals surface area contributed by atoms with E-state index >= 15 is 0 Å². The van der Waals surface area contributed by atoms with Crippen molar-refractivity contribution in [2.75, 3.05) is 26.8 Å². The fraction of sp³-hybridized carbons (Fsp3) is 0.933. The average Bonchev–Trinajstić information content (AvgIpc) is 2.77. The first-order chi connectivity index (χ1) is 9.56. The zero-order valence-corrected chi connectivity index (χ0v) is 13.5. The lowest BCUT2D eigenvalue weighted by molar-refractivity contribution is -0.149. The maximum Gasteiger partial charge on any atom is 0.323 e. The number of carbonyl (C=O) groups is 1. The predicted octanol–water partition coefficient (Wildman–Crippen LogP) is 1.42. The highest BCUT2D eigenvalue weighted by Crippen LogP contribution is 2.17. The van der Waals surface area contributed by atoms with E-state index in [0.717, 1.165) is 32.6 Å². The molecular formula is C15H30N2O3. The number of nitrogens with one attached hydrogen (secondary N) is 1. The molecule has 0 aromatic heterocycles. The second kappa shape index (κ2) is 8.60. The highest BCUT2D eigenvalue weighted by atomic mass is 16.5. The van der Waals surface area contributed by atoms with Gasteiger partial charge in [-0.3, -0.25) is 9.69 Å². The van der Waals surface area contributed by atoms with E-state index in [9.17, 15) is 4.79 Å². The van der Waals surface area contributed by atoms with Gasteiger partial charge >= 0.3 is 5.97 Å². The lowest BCUT2D eigenvalue weighted by atomic mass is 10.1. The minimum absolute atomic E-state index is 0.0341. The van der Waals surface area contributed by atoms with Crippen LogP contribution in [0.15, 0.2) is 0 Å². The molecule has 2 saturated heterocycles. The summed E-state index contributed by atoms with van der Waals surface area (Å²) in [5, 5.41) is 3.37. The molecule has 0 radical (unpaired) electrons. The Hall–Kier alpha value is -0.650. The molecule has 1 N–H and O–H groups in total. The Morgan fingerprint density at radius 3 is 2.50 bits per heavy atom. The van der Waals surface area contributed by atoms with Gasteiger partial charge in [-0.1, -0.05) is 13.8 Å². The maximum absolute atomic E-state index is 11.8. The summed E-state index contributed by atoms with van der Waals surface area (Å²) in [5.41, 5.74) is 0. The van der Waals surface area contributed by atoms with E-state index in [2.05, 4.69) is 17.3 Å². The number of ether oxygens (including phenoxy) is 2. The van der Waals surface area contributed by atoms with E-state index in [1.807, 2.05) is 27.7 Å². The van der Waals surface area contributed by atoms with Crippen LogP contribution in [0.25, 0.3) is 0 Å². The molecule has 2 aliphatic rings. The van der Waals surface area contributed by atoms with Gasteiger partial charge in [-0.15, -0.1) is 0 Å². The van der Waals surface area contributed by atoms with E-state index in [-0.39, 0.29) is 18.1 Å². The number of esters is 1. The zero-order chi connectivity index (χ0) is 15.1. The molecule has 2 atom stereocenters. The first-order valence-electron chi connectivity index (χ1n) is 7.80. The van der Waals surface area contributed by atoms with Crippen LogP contribution in [0.4, 0.5) is 0 Å². The van der Waals surface area contributed by atoms with Crippen LogP contribution in [-0.4, -0.2) is 61.9 Å². The molecule has 0 saturated carbocycles. The lowest BCUT2D eigenvalue weighted by Gasteiger charge is -2.36. The van der Waals surface area contributed by atoms with E-state index in [1.165, 1.54) is 0 Å². The molecule has 0 amide bonds. The van der Waals surface area contributed by atoms with Crippen LogP contribution in [-0.2, 0) is 14.3 Å². The van der Waals surface area contributed by atoms with E-state index < -0.39 is 0 Å². The molecule has 2 aliphatic heterocycles. The van der Waals surface area contributed by atoms with Crippen molar-refractivity contribution in [3.8, 4) is 0 Å². The van der Waals surface area contributed by atoms with Gasteiger partial charge in [-0.2, -0.15) is 0 Å². The molecule has 0 aliphatic carbocycles. The van der Waals surface area contributed by atoms with E-state index in [4.69, 9.17) is 9.47 Å². The summed E-state index contributed by atoms with van der Waals surface area (Å²) < 4.78 is 10.4. The van der Waals surface area contributed by atoms with Crippen LogP contribution < -0.4 is 5.32 Å². The molecule has 2 fully saturated rings. The summed E-state index contributed by atoms with van der Waals surface area (Å²) in [5.74, 6) is -0.109. The summed E-state index contributed by atoms with van der Waals surface area (Å²) in [7, 11) is 2.12. The number of rotatable bonds is 5. The molecule has 2 heterocycles. The van der Waals surface area contributed by atoms with Gasteiger partial charge in [0.1, 0.15) is 6.04 Å². The summed E-state index contributed by atoms with van der Waals surface area (Å²) in [6, 6.07) is 0.817. The standard InChI is InChI=1S/C13H24N2O3.C2H6/c1-9(2)18-13(16)12-5-4-10(14-12)6-15(3)11-7-17-8-11;1-2/h9-12,14H,4-8H2,1-3H3;1-2H3. The maximum atomic E-state index is 11.8. The molecule has 0 aromatic carbocycles. The van der Waals surface area contributed by atoms with Crippen molar-refractivity contribution in [3.63, 3.8) is 0 Å². The molecule has 20 heavy (non-hydrogen) atoms. The zero-order valence-electron chi connectivity index (χ0n) is 13.5. The van der Waals surface area contributed by atoms with Crippen molar-refractivity contribution >= 4 is 5.97 Å². The van der Waals surface area contributed by atoms with E-state index in [0.29, 0.717) is 12.1 Å². The molecule has 5 heteroatoms. The Bertz CT molecular complexity index is 293. The van der Waals surface area contributed by atoms with Crippen molar-refractivity contribution in [2.45, 2.75) is 64.8 Å². The third-order valence-corrected chi connectivity index (χ3v) is 3.63. The SMILES string of the molecule is CC.CC(C)OC(=O)C1CCC(CN(C)C2COC2)N1. The molecule has 0 spiro atoms. The first-order valence-corrected chi connectivity index (χ1v) is 7.80. The Balaban J connectivity index is 0.000000956. The number of carbonyl (C=O) groups excluding carboxylic acids is 1. The van der Waals surface area contributed by atoms with E-state index in [1.54, 1.807) is 0 Å². The third kappa shape index (κ3) is 5.04. The Labute approximate surface area is 123 Å². The minimum atomic E-state index is -0.122. The van der Waals surface area contributed by atoms with Crippen molar-refractivity contribution in [2.24, 2.45) is 0 Å². The lowest BCUT2D eigenvalue weighted by Crippen LogP contribution is -2.51. The van der Waals surface area contributed by atoms with Crippen molar-refractivity contribution in [1.82, 2.24) is 10.2 Å². The van der Waals surface area contributed by atoms with Gasteiger partial charge < -0.3 is 14.8 Å². The number of hydrogen-bond acceptors (Lipinski definition) is 5. The highest BCUT2D eigenvalue weighted by Gasteiger charge is 2.33. The average molecular weight is 286 g/mol. The largest absolute Gasteiger partial charge is 0.462 e. The quantitative estimate of drug-likeness (QED) is 0.775. The van der Waals surface area contributed by atoms with Crippen LogP contribution in [0.3, 0.4) is 0 Å². The molecule has 5 nitrogen and oxygen atoms in total. The fourth-order valence-electron chi connectivity index (χ4n) is 2.44. The monoisotopic (exact) mass is 286 g/mol. The van der Waals surface area contributed by atoms with Crippen molar-refractivity contribution < 1.29 is 14.3 Å². The van der Waals surface area contributed by atoms with Crippen LogP contribution in [0.1, 0.15) is 40.5 Å². The second-order valence-electron chi connectivity index (χ2n) is 5.61. The van der Waals surface area contributed by atoms with Gasteiger partial charge in [0, 0.05) is 12.6 Å². The summed E-state index contributed by atoms with van der Waals surface area (Å²) in [6.07, 6.45) is 1.88. The van der Waals surface area contributed by atoms with Gasteiger partial charge in [0.05, 0.1) is 25.4 Å². The topological polar surface area (TPSA) is 50.8 Å². The van der Waals surface area contributed by atoms with Crippen LogP contribution in [0, 0.1) is 0 Å². The first kappa shape index (κ1) is 17.4. The Kier molecular flexibility index (Phi) is 7.48. The Morgan fingerprint density at radius 1 is 1.35 bits per heavy atom. The molecule has 0 aromatic rings. The predicted molar refractivity (Wildman–Crippen MR) is 79.8 cm³/mol. The Morgan fingerprint density at radius 2 is 2.00 bits per heavy atom. The summed E-state index contributed by atoms with van der Waals surface area (Å²) in [4.78, 5) is 14.1. The summed E-state index contributed by atoms with van der Waals surface area (Å²) >= 11 is 0. The second-order valence-corrected chi connectivity index (χ2v) is 5.61. The van der Waals surface area contributed by atoms with Crippen LogP contribution >= 0.6 is 0 Å². The van der Waals surface area contributed by atoms with Gasteiger partial charge in [0.25, 0.3) is 0 Å². The number of likely N-dealkylation sites (N-methyl/N-ethyl adjacent to an activating group) is 1. The van der Waals surface area contributed by atoms with Crippen LogP contribution in [0.2, 0.25) is 0 Å². The van der Waals surface area contributed by atoms with Gasteiger partial charge in [0.2, 0.25) is 0 Å². The molecular weight excluding hydrogens is 256 g/mol. The molecule has 2 rings (SSSR count). The van der Waals surface area contributed by atoms with Gasteiger partial charge in [0.15, 0.2) is 0 Å². The molecule has 0 bridgehead atoms. The number of nitrogens with zero attached hydrogens (tertiary/aromatic N) is 1. The number of hydrogen-bond donors (Lipinski definition) is 1. The molecule has 2 unspecified atom stereocenters. The van der Waals surface area contributed by atoms with Crippen molar-refractivity contribution in [1.29, 1.82) is 0 Å². The fourth-order valence-corrected chi connectivity index (χ4v) is 2.44. The van der Waals surface area contributed by atoms with Crippen molar-refractivity contribution in [3.05, 3.63) is 0 Å². The smallest absolute Gasteiger partial charge is 0.323 e. The summed E-state index contributed by atoms with van der Waals surface area (Å²) in [6.45, 7) is 10.4. The van der Waals surface area contributed by atoms with Crippen LogP contribution in [0.5, 0.6) is 0 Å². The molecule has 118 valence electrons. The third-order valence-electron chi connectivity index (χ3n) is 3.63. The van der Waals surface area contributed by atoms with Gasteiger partial charge in [-0.25, -0.2) is 0 Å². The minimum Gasteiger partial charge on any atom is -0.462 e. The normalized spacial score (nSPS) is 26.1.